The van der Waals surface area contributed by atoms with Crippen LogP contribution in [0.2, 0.25) is 10.0 Å². The van der Waals surface area contributed by atoms with E-state index >= 15 is 0 Å². The van der Waals surface area contributed by atoms with Gasteiger partial charge in [0.25, 0.3) is 0 Å². The Kier molecular flexibility index (Phi) is 2.98. The van der Waals surface area contributed by atoms with Crippen molar-refractivity contribution in [1.29, 1.82) is 0 Å². The van der Waals surface area contributed by atoms with Crippen molar-refractivity contribution < 1.29 is 0 Å². The lowest BCUT2D eigenvalue weighted by molar-refractivity contribution is 0.340. The Labute approximate surface area is 107 Å². The third-order valence-electron chi connectivity index (χ3n) is 3.53. The Morgan fingerprint density at radius 3 is 2.44 bits per heavy atom. The Morgan fingerprint density at radius 2 is 1.88 bits per heavy atom. The minimum Gasteiger partial charge on any atom is -0.321 e. The standard InChI is InChI=1S/C13H17Cl2N/c1-12(2)6-7-13(16,8-12)9-4-3-5-10(14)11(9)15/h3-5H,6-8,16H2,1-2H3. The molecule has 1 atom stereocenters. The maximum atomic E-state index is 6.48. The summed E-state index contributed by atoms with van der Waals surface area (Å²) in [4.78, 5) is 0. The van der Waals surface area contributed by atoms with Crippen LogP contribution in [0.3, 0.4) is 0 Å². The van der Waals surface area contributed by atoms with Gasteiger partial charge in [0.05, 0.1) is 10.0 Å². The third kappa shape index (κ3) is 2.09. The molecule has 2 N–H and O–H groups in total. The van der Waals surface area contributed by atoms with Gasteiger partial charge in [-0.15, -0.1) is 0 Å². The summed E-state index contributed by atoms with van der Waals surface area (Å²) < 4.78 is 0. The molecule has 0 saturated heterocycles. The molecule has 1 aromatic carbocycles. The summed E-state index contributed by atoms with van der Waals surface area (Å²) >= 11 is 12.3. The van der Waals surface area contributed by atoms with Gasteiger partial charge in [-0.05, 0) is 36.3 Å². The second-order valence-electron chi connectivity index (χ2n) is 5.60. The SMILES string of the molecule is CC1(C)CCC(N)(c2cccc(Cl)c2Cl)C1. The van der Waals surface area contributed by atoms with E-state index in [1.54, 1.807) is 6.07 Å². The Hall–Kier alpha value is -0.240. The highest BCUT2D eigenvalue weighted by Crippen LogP contribution is 2.49. The summed E-state index contributed by atoms with van der Waals surface area (Å²) in [5.74, 6) is 0. The maximum absolute atomic E-state index is 6.48. The smallest absolute Gasteiger partial charge is 0.0642 e. The Bertz CT molecular complexity index is 414. The zero-order valence-electron chi connectivity index (χ0n) is 9.69. The summed E-state index contributed by atoms with van der Waals surface area (Å²) in [6.45, 7) is 4.50. The van der Waals surface area contributed by atoms with Crippen molar-refractivity contribution in [3.63, 3.8) is 0 Å². The van der Waals surface area contributed by atoms with Gasteiger partial charge in [0, 0.05) is 5.54 Å². The van der Waals surface area contributed by atoms with Crippen LogP contribution in [0.5, 0.6) is 0 Å². The van der Waals surface area contributed by atoms with Gasteiger partial charge in [-0.2, -0.15) is 0 Å². The number of hydrogen-bond donors (Lipinski definition) is 1. The molecule has 2 rings (SSSR count). The fourth-order valence-corrected chi connectivity index (χ4v) is 3.20. The zero-order valence-corrected chi connectivity index (χ0v) is 11.2. The van der Waals surface area contributed by atoms with E-state index in [1.807, 2.05) is 12.1 Å². The normalized spacial score (nSPS) is 28.3. The average molecular weight is 258 g/mol. The van der Waals surface area contributed by atoms with E-state index in [0.717, 1.165) is 24.8 Å². The molecule has 0 spiro atoms. The molecular weight excluding hydrogens is 241 g/mol. The number of halogens is 2. The molecule has 1 nitrogen and oxygen atoms in total. The molecule has 3 heteroatoms. The van der Waals surface area contributed by atoms with Crippen molar-refractivity contribution in [2.24, 2.45) is 11.1 Å². The van der Waals surface area contributed by atoms with Gasteiger partial charge in [-0.1, -0.05) is 49.2 Å². The van der Waals surface area contributed by atoms with E-state index in [4.69, 9.17) is 28.9 Å². The molecule has 88 valence electrons. The molecule has 0 amide bonds. The molecule has 0 heterocycles. The van der Waals surface area contributed by atoms with Crippen LogP contribution in [0.25, 0.3) is 0 Å². The molecule has 0 aliphatic heterocycles. The van der Waals surface area contributed by atoms with Crippen molar-refractivity contribution in [2.75, 3.05) is 0 Å². The molecule has 0 bridgehead atoms. The van der Waals surface area contributed by atoms with Gasteiger partial charge in [0.1, 0.15) is 0 Å². The molecule has 1 aliphatic rings. The quantitative estimate of drug-likeness (QED) is 0.795. The number of nitrogens with two attached hydrogens (primary N) is 1. The van der Waals surface area contributed by atoms with Gasteiger partial charge in [-0.25, -0.2) is 0 Å². The van der Waals surface area contributed by atoms with Crippen LogP contribution in [0.4, 0.5) is 0 Å². The summed E-state index contributed by atoms with van der Waals surface area (Å²) in [5.41, 5.74) is 7.45. The molecule has 1 saturated carbocycles. The molecule has 16 heavy (non-hydrogen) atoms. The van der Waals surface area contributed by atoms with Crippen molar-refractivity contribution in [1.82, 2.24) is 0 Å². The highest BCUT2D eigenvalue weighted by molar-refractivity contribution is 6.42. The molecular formula is C13H17Cl2N. The lowest BCUT2D eigenvalue weighted by Gasteiger charge is -2.28. The minimum atomic E-state index is -0.314. The van der Waals surface area contributed by atoms with E-state index in [1.165, 1.54) is 0 Å². The second kappa shape index (κ2) is 3.90. The predicted molar refractivity (Wildman–Crippen MR) is 70.0 cm³/mol. The van der Waals surface area contributed by atoms with Crippen LogP contribution in [-0.4, -0.2) is 0 Å². The Morgan fingerprint density at radius 1 is 1.19 bits per heavy atom. The fourth-order valence-electron chi connectivity index (χ4n) is 2.71. The largest absolute Gasteiger partial charge is 0.321 e. The first-order valence-electron chi connectivity index (χ1n) is 5.57. The first kappa shape index (κ1) is 12.2. The predicted octanol–water partition coefficient (Wildman–Crippen LogP) is 4.36. The van der Waals surface area contributed by atoms with Crippen molar-refractivity contribution >= 4 is 23.2 Å². The molecule has 0 radical (unpaired) electrons. The van der Waals surface area contributed by atoms with Crippen molar-refractivity contribution in [3.05, 3.63) is 33.8 Å². The number of rotatable bonds is 1. The van der Waals surface area contributed by atoms with E-state index in [9.17, 15) is 0 Å². The van der Waals surface area contributed by atoms with Crippen LogP contribution in [0.15, 0.2) is 18.2 Å². The molecule has 0 aromatic heterocycles. The van der Waals surface area contributed by atoms with Crippen LogP contribution in [0, 0.1) is 5.41 Å². The lowest BCUT2D eigenvalue weighted by atomic mass is 9.84. The molecule has 1 fully saturated rings. The summed E-state index contributed by atoms with van der Waals surface area (Å²) in [7, 11) is 0. The summed E-state index contributed by atoms with van der Waals surface area (Å²) in [6.07, 6.45) is 3.06. The van der Waals surface area contributed by atoms with E-state index in [0.29, 0.717) is 15.5 Å². The third-order valence-corrected chi connectivity index (χ3v) is 4.35. The topological polar surface area (TPSA) is 26.0 Å². The summed E-state index contributed by atoms with van der Waals surface area (Å²) in [6, 6.07) is 5.72. The highest BCUT2D eigenvalue weighted by Gasteiger charge is 2.42. The highest BCUT2D eigenvalue weighted by atomic mass is 35.5. The zero-order chi connectivity index (χ0) is 12.0. The minimum absolute atomic E-state index is 0.292. The number of hydrogen-bond acceptors (Lipinski definition) is 1. The lowest BCUT2D eigenvalue weighted by Crippen LogP contribution is -2.34. The van der Waals surface area contributed by atoms with Crippen LogP contribution in [-0.2, 0) is 5.54 Å². The summed E-state index contributed by atoms with van der Waals surface area (Å²) in [5, 5.41) is 1.21. The van der Waals surface area contributed by atoms with Crippen molar-refractivity contribution in [2.45, 2.75) is 38.6 Å². The van der Waals surface area contributed by atoms with Gasteiger partial charge in [-0.3, -0.25) is 0 Å². The Balaban J connectivity index is 2.42. The van der Waals surface area contributed by atoms with E-state index < -0.39 is 0 Å². The van der Waals surface area contributed by atoms with Crippen molar-refractivity contribution in [3.8, 4) is 0 Å². The van der Waals surface area contributed by atoms with Gasteiger partial charge in [0.15, 0.2) is 0 Å². The second-order valence-corrected chi connectivity index (χ2v) is 6.38. The first-order valence-corrected chi connectivity index (χ1v) is 6.33. The van der Waals surface area contributed by atoms with E-state index in [-0.39, 0.29) is 5.54 Å². The molecule has 1 aliphatic carbocycles. The van der Waals surface area contributed by atoms with Crippen LogP contribution in [0.1, 0.15) is 38.7 Å². The monoisotopic (exact) mass is 257 g/mol. The average Bonchev–Trinajstić information content (AvgIpc) is 2.46. The maximum Gasteiger partial charge on any atom is 0.0642 e. The van der Waals surface area contributed by atoms with Gasteiger partial charge in [0.2, 0.25) is 0 Å². The molecule has 1 aromatic rings. The molecule has 1 unspecified atom stereocenters. The van der Waals surface area contributed by atoms with E-state index in [2.05, 4.69) is 13.8 Å². The van der Waals surface area contributed by atoms with Gasteiger partial charge < -0.3 is 5.73 Å². The first-order chi connectivity index (χ1) is 7.34. The van der Waals surface area contributed by atoms with Crippen LogP contribution < -0.4 is 5.73 Å². The van der Waals surface area contributed by atoms with Crippen LogP contribution >= 0.6 is 23.2 Å². The fraction of sp³-hybridized carbons (Fsp3) is 0.538. The van der Waals surface area contributed by atoms with Gasteiger partial charge >= 0.3 is 0 Å². The number of benzene rings is 1.